The highest BCUT2D eigenvalue weighted by Crippen LogP contribution is 2.38. The van der Waals surface area contributed by atoms with Crippen molar-refractivity contribution in [3.63, 3.8) is 0 Å². The number of ether oxygens (including phenoxy) is 1. The summed E-state index contributed by atoms with van der Waals surface area (Å²) in [5.74, 6) is -0.251. The molecular formula is C15H27N3O3. The molecule has 1 saturated carbocycles. The molecular weight excluding hydrogens is 270 g/mol. The summed E-state index contributed by atoms with van der Waals surface area (Å²) >= 11 is 0. The van der Waals surface area contributed by atoms with E-state index >= 15 is 0 Å². The lowest BCUT2D eigenvalue weighted by atomic mass is 10.2. The lowest BCUT2D eigenvalue weighted by molar-refractivity contribution is -0.127. The molecule has 6 nitrogen and oxygen atoms in total. The molecule has 1 heterocycles. The molecule has 2 aliphatic rings. The maximum Gasteiger partial charge on any atom is 0.224 e. The molecule has 0 aromatic carbocycles. The Hall–Kier alpha value is -1.14. The van der Waals surface area contributed by atoms with E-state index in [1.807, 2.05) is 14.1 Å². The number of carbonyl (C=O) groups is 2. The van der Waals surface area contributed by atoms with Crippen LogP contribution in [-0.4, -0.2) is 63.2 Å². The number of nitrogens with one attached hydrogen (secondary N) is 2. The van der Waals surface area contributed by atoms with Gasteiger partial charge < -0.3 is 20.3 Å². The van der Waals surface area contributed by atoms with E-state index in [2.05, 4.69) is 15.5 Å². The standard InChI is InChI=1S/C15H27N3O3/c1-18(2)7-4-6-16-14(19)12-9-13(12)15(20)17-10-11-5-3-8-21-11/h11-13H,3-10H2,1-2H3,(H,16,19)(H,17,20). The Balaban J connectivity index is 1.57. The molecule has 3 atom stereocenters. The molecule has 0 spiro atoms. The number of nitrogens with zero attached hydrogens (tertiary/aromatic N) is 1. The summed E-state index contributed by atoms with van der Waals surface area (Å²) in [5.41, 5.74) is 0. The summed E-state index contributed by atoms with van der Waals surface area (Å²) in [7, 11) is 4.02. The minimum atomic E-state index is -0.139. The van der Waals surface area contributed by atoms with Crippen LogP contribution >= 0.6 is 0 Å². The van der Waals surface area contributed by atoms with E-state index in [9.17, 15) is 9.59 Å². The van der Waals surface area contributed by atoms with Gasteiger partial charge in [-0.2, -0.15) is 0 Å². The van der Waals surface area contributed by atoms with E-state index in [4.69, 9.17) is 4.74 Å². The summed E-state index contributed by atoms with van der Waals surface area (Å²) in [6.45, 7) is 3.00. The number of hydrogen-bond donors (Lipinski definition) is 2. The van der Waals surface area contributed by atoms with E-state index in [0.717, 1.165) is 32.4 Å². The molecule has 3 unspecified atom stereocenters. The van der Waals surface area contributed by atoms with Crippen molar-refractivity contribution in [1.82, 2.24) is 15.5 Å². The quantitative estimate of drug-likeness (QED) is 0.618. The lowest BCUT2D eigenvalue weighted by Crippen LogP contribution is -2.35. The van der Waals surface area contributed by atoms with E-state index < -0.39 is 0 Å². The van der Waals surface area contributed by atoms with Gasteiger partial charge in [0, 0.05) is 19.7 Å². The van der Waals surface area contributed by atoms with Gasteiger partial charge in [-0.05, 0) is 46.3 Å². The SMILES string of the molecule is CN(C)CCCNC(=O)C1CC1C(=O)NCC1CCCO1. The highest BCUT2D eigenvalue weighted by atomic mass is 16.5. The van der Waals surface area contributed by atoms with Crippen molar-refractivity contribution < 1.29 is 14.3 Å². The van der Waals surface area contributed by atoms with Crippen LogP contribution in [0.4, 0.5) is 0 Å². The molecule has 1 saturated heterocycles. The van der Waals surface area contributed by atoms with Gasteiger partial charge in [-0.15, -0.1) is 0 Å². The first-order chi connectivity index (χ1) is 10.1. The third-order valence-electron chi connectivity index (χ3n) is 4.07. The fourth-order valence-electron chi connectivity index (χ4n) is 2.66. The van der Waals surface area contributed by atoms with Gasteiger partial charge in [0.15, 0.2) is 0 Å². The van der Waals surface area contributed by atoms with Crippen LogP contribution < -0.4 is 10.6 Å². The maximum atomic E-state index is 11.9. The van der Waals surface area contributed by atoms with Gasteiger partial charge in [0.2, 0.25) is 11.8 Å². The van der Waals surface area contributed by atoms with Crippen LogP contribution in [0.25, 0.3) is 0 Å². The van der Waals surface area contributed by atoms with E-state index in [0.29, 0.717) is 19.5 Å². The third-order valence-corrected chi connectivity index (χ3v) is 4.07. The largest absolute Gasteiger partial charge is 0.376 e. The highest BCUT2D eigenvalue weighted by Gasteiger charge is 2.47. The number of rotatable bonds is 8. The number of amides is 2. The first-order valence-corrected chi connectivity index (χ1v) is 7.89. The zero-order valence-electron chi connectivity index (χ0n) is 13.1. The van der Waals surface area contributed by atoms with Gasteiger partial charge in [0.25, 0.3) is 0 Å². The first kappa shape index (κ1) is 16.2. The van der Waals surface area contributed by atoms with Gasteiger partial charge in [0.1, 0.15) is 0 Å². The monoisotopic (exact) mass is 297 g/mol. The summed E-state index contributed by atoms with van der Waals surface area (Å²) in [5, 5.41) is 5.81. The number of hydrogen-bond acceptors (Lipinski definition) is 4. The van der Waals surface area contributed by atoms with Crippen molar-refractivity contribution in [2.45, 2.75) is 31.8 Å². The molecule has 2 amide bonds. The second kappa shape index (κ2) is 7.75. The molecule has 120 valence electrons. The molecule has 1 aliphatic heterocycles. The van der Waals surface area contributed by atoms with Crippen LogP contribution in [0.5, 0.6) is 0 Å². The smallest absolute Gasteiger partial charge is 0.224 e. The molecule has 0 aromatic rings. The van der Waals surface area contributed by atoms with Crippen molar-refractivity contribution in [1.29, 1.82) is 0 Å². The Morgan fingerprint density at radius 3 is 2.52 bits per heavy atom. The minimum Gasteiger partial charge on any atom is -0.376 e. The van der Waals surface area contributed by atoms with Crippen LogP contribution in [0.1, 0.15) is 25.7 Å². The van der Waals surface area contributed by atoms with Crippen LogP contribution in [0.15, 0.2) is 0 Å². The lowest BCUT2D eigenvalue weighted by Gasteiger charge is -2.11. The van der Waals surface area contributed by atoms with Gasteiger partial charge >= 0.3 is 0 Å². The van der Waals surface area contributed by atoms with Crippen molar-refractivity contribution in [2.75, 3.05) is 40.3 Å². The zero-order chi connectivity index (χ0) is 15.2. The maximum absolute atomic E-state index is 11.9. The van der Waals surface area contributed by atoms with Gasteiger partial charge in [0.05, 0.1) is 17.9 Å². The Morgan fingerprint density at radius 2 is 1.90 bits per heavy atom. The Kier molecular flexibility index (Phi) is 5.99. The first-order valence-electron chi connectivity index (χ1n) is 7.89. The summed E-state index contributed by atoms with van der Waals surface area (Å²) < 4.78 is 5.46. The molecule has 0 radical (unpaired) electrons. The Morgan fingerprint density at radius 1 is 1.19 bits per heavy atom. The fraction of sp³-hybridized carbons (Fsp3) is 0.867. The van der Waals surface area contributed by atoms with Crippen molar-refractivity contribution >= 4 is 11.8 Å². The van der Waals surface area contributed by atoms with Crippen LogP contribution in [0, 0.1) is 11.8 Å². The summed E-state index contributed by atoms with van der Waals surface area (Å²) in [6.07, 6.45) is 3.85. The number of carbonyl (C=O) groups excluding carboxylic acids is 2. The molecule has 2 fully saturated rings. The Labute approximate surface area is 126 Å². The Bertz CT molecular complexity index is 367. The average molecular weight is 297 g/mol. The van der Waals surface area contributed by atoms with E-state index in [-0.39, 0.29) is 29.8 Å². The van der Waals surface area contributed by atoms with Gasteiger partial charge in [-0.3, -0.25) is 9.59 Å². The molecule has 0 aromatic heterocycles. The predicted molar refractivity (Wildman–Crippen MR) is 79.8 cm³/mol. The van der Waals surface area contributed by atoms with E-state index in [1.165, 1.54) is 0 Å². The van der Waals surface area contributed by atoms with Gasteiger partial charge in [-0.25, -0.2) is 0 Å². The predicted octanol–water partition coefficient (Wildman–Crippen LogP) is -0.0144. The van der Waals surface area contributed by atoms with E-state index in [1.54, 1.807) is 0 Å². The second-order valence-electron chi connectivity index (χ2n) is 6.28. The van der Waals surface area contributed by atoms with Gasteiger partial charge in [-0.1, -0.05) is 0 Å². The summed E-state index contributed by atoms with van der Waals surface area (Å²) in [6, 6.07) is 0. The molecule has 0 bridgehead atoms. The normalized spacial score (nSPS) is 27.7. The van der Waals surface area contributed by atoms with Crippen LogP contribution in [0.2, 0.25) is 0 Å². The summed E-state index contributed by atoms with van der Waals surface area (Å²) in [4.78, 5) is 25.9. The second-order valence-corrected chi connectivity index (χ2v) is 6.28. The minimum absolute atomic E-state index is 0.000980. The molecule has 21 heavy (non-hydrogen) atoms. The third kappa shape index (κ3) is 5.28. The van der Waals surface area contributed by atoms with Crippen molar-refractivity contribution in [3.05, 3.63) is 0 Å². The fourth-order valence-corrected chi connectivity index (χ4v) is 2.66. The average Bonchev–Trinajstić information content (AvgIpc) is 3.09. The van der Waals surface area contributed by atoms with Crippen LogP contribution in [-0.2, 0) is 14.3 Å². The molecule has 2 rings (SSSR count). The topological polar surface area (TPSA) is 70.7 Å². The zero-order valence-corrected chi connectivity index (χ0v) is 13.1. The van der Waals surface area contributed by atoms with Crippen molar-refractivity contribution in [3.8, 4) is 0 Å². The van der Waals surface area contributed by atoms with Crippen molar-refractivity contribution in [2.24, 2.45) is 11.8 Å². The molecule has 2 N–H and O–H groups in total. The molecule has 1 aliphatic carbocycles. The highest BCUT2D eigenvalue weighted by molar-refractivity contribution is 5.92. The van der Waals surface area contributed by atoms with Crippen LogP contribution in [0.3, 0.4) is 0 Å². The molecule has 6 heteroatoms.